The molecule has 1 aliphatic carbocycles. The van der Waals surface area contributed by atoms with Crippen molar-refractivity contribution in [3.05, 3.63) is 29.8 Å². The van der Waals surface area contributed by atoms with Crippen molar-refractivity contribution >= 4 is 0 Å². The quantitative estimate of drug-likeness (QED) is 0.897. The first-order chi connectivity index (χ1) is 9.70. The number of alkyl halides is 3. The van der Waals surface area contributed by atoms with E-state index in [1.54, 1.807) is 0 Å². The van der Waals surface area contributed by atoms with Crippen LogP contribution in [0.5, 0.6) is 5.75 Å². The van der Waals surface area contributed by atoms with Crippen LogP contribution in [0.1, 0.15) is 44.3 Å². The summed E-state index contributed by atoms with van der Waals surface area (Å²) in [4.78, 5) is 0. The summed E-state index contributed by atoms with van der Waals surface area (Å²) in [5, 5.41) is 20.8. The van der Waals surface area contributed by atoms with Crippen molar-refractivity contribution in [1.29, 1.82) is 0 Å². The van der Waals surface area contributed by atoms with Gasteiger partial charge in [0, 0.05) is 0 Å². The van der Waals surface area contributed by atoms with Crippen LogP contribution in [0, 0.1) is 5.92 Å². The minimum atomic E-state index is -4.78. The molecule has 118 valence electrons. The van der Waals surface area contributed by atoms with Crippen LogP contribution in [-0.2, 0) is 0 Å². The van der Waals surface area contributed by atoms with Crippen LogP contribution in [0.25, 0.3) is 0 Å². The topological polar surface area (TPSA) is 49.7 Å². The Hall–Kier alpha value is -1.27. The molecule has 1 aromatic rings. The van der Waals surface area contributed by atoms with Gasteiger partial charge in [-0.3, -0.25) is 0 Å². The predicted molar refractivity (Wildman–Crippen MR) is 70.7 cm³/mol. The summed E-state index contributed by atoms with van der Waals surface area (Å²) in [5.74, 6) is 0.0872. The first-order valence-electron chi connectivity index (χ1n) is 6.96. The summed E-state index contributed by atoms with van der Waals surface area (Å²) >= 11 is 0. The molecule has 0 radical (unpaired) electrons. The highest BCUT2D eigenvalue weighted by Crippen LogP contribution is 2.41. The Balaban J connectivity index is 2.15. The maximum atomic E-state index is 12.2. The molecule has 1 atom stereocenters. The molecule has 0 spiro atoms. The van der Waals surface area contributed by atoms with Gasteiger partial charge < -0.3 is 14.9 Å². The smallest absolute Gasteiger partial charge is 0.406 e. The second-order valence-corrected chi connectivity index (χ2v) is 5.81. The van der Waals surface area contributed by atoms with Gasteiger partial charge in [0.2, 0.25) is 0 Å². The summed E-state index contributed by atoms with van der Waals surface area (Å²) in [5.41, 5.74) is -1.06. The lowest BCUT2D eigenvalue weighted by Crippen LogP contribution is -2.39. The van der Waals surface area contributed by atoms with Gasteiger partial charge in [0.25, 0.3) is 0 Å². The van der Waals surface area contributed by atoms with Crippen molar-refractivity contribution in [2.45, 2.75) is 50.7 Å². The van der Waals surface area contributed by atoms with Gasteiger partial charge in [-0.25, -0.2) is 0 Å². The molecule has 0 heterocycles. The molecular formula is C15H19F3O3. The first-order valence-corrected chi connectivity index (χ1v) is 6.96. The molecule has 0 aromatic heterocycles. The monoisotopic (exact) mass is 304 g/mol. The van der Waals surface area contributed by atoms with Crippen molar-refractivity contribution < 1.29 is 28.1 Å². The number of aliphatic hydroxyl groups is 2. The van der Waals surface area contributed by atoms with Gasteiger partial charge in [-0.1, -0.05) is 19.1 Å². The highest BCUT2D eigenvalue weighted by atomic mass is 19.4. The van der Waals surface area contributed by atoms with Crippen LogP contribution in [0.15, 0.2) is 24.3 Å². The Morgan fingerprint density at radius 2 is 1.90 bits per heavy atom. The summed E-state index contributed by atoms with van der Waals surface area (Å²) < 4.78 is 40.5. The fourth-order valence-corrected chi connectivity index (χ4v) is 2.73. The van der Waals surface area contributed by atoms with Crippen LogP contribution >= 0.6 is 0 Å². The number of rotatable bonds is 3. The standard InChI is InChI=1S/C15H19F3O3/c1-10-5-7-14(20,8-6-10)13(19)11-3-2-4-12(9-11)21-15(16,17)18/h2-4,9-10,13,19-20H,5-8H2,1H3. The summed E-state index contributed by atoms with van der Waals surface area (Å²) in [7, 11) is 0. The van der Waals surface area contributed by atoms with Crippen molar-refractivity contribution in [2.75, 3.05) is 0 Å². The van der Waals surface area contributed by atoms with E-state index in [-0.39, 0.29) is 5.56 Å². The van der Waals surface area contributed by atoms with Gasteiger partial charge in [0.1, 0.15) is 11.9 Å². The van der Waals surface area contributed by atoms with Crippen molar-refractivity contribution in [2.24, 2.45) is 5.92 Å². The third kappa shape index (κ3) is 4.11. The van der Waals surface area contributed by atoms with Crippen LogP contribution in [0.2, 0.25) is 0 Å². The highest BCUT2D eigenvalue weighted by molar-refractivity contribution is 5.31. The zero-order valence-corrected chi connectivity index (χ0v) is 11.7. The molecule has 2 N–H and O–H groups in total. The number of halogens is 3. The molecule has 1 unspecified atom stereocenters. The molecule has 0 amide bonds. The molecule has 0 bridgehead atoms. The van der Waals surface area contributed by atoms with E-state index in [2.05, 4.69) is 11.7 Å². The first kappa shape index (κ1) is 16.1. The van der Waals surface area contributed by atoms with Crippen molar-refractivity contribution in [3.63, 3.8) is 0 Å². The van der Waals surface area contributed by atoms with E-state index in [1.807, 2.05) is 0 Å². The lowest BCUT2D eigenvalue weighted by Gasteiger charge is -2.38. The summed E-state index contributed by atoms with van der Waals surface area (Å²) in [6.07, 6.45) is -3.57. The van der Waals surface area contributed by atoms with E-state index in [0.717, 1.165) is 25.0 Å². The Kier molecular flexibility index (Phi) is 4.49. The largest absolute Gasteiger partial charge is 0.573 e. The van der Waals surface area contributed by atoms with E-state index < -0.39 is 23.8 Å². The Bertz CT molecular complexity index is 479. The number of benzene rings is 1. The van der Waals surface area contributed by atoms with E-state index in [0.29, 0.717) is 18.8 Å². The zero-order chi connectivity index (χ0) is 15.7. The minimum absolute atomic E-state index is 0.230. The Labute approximate surface area is 121 Å². The van der Waals surface area contributed by atoms with Crippen molar-refractivity contribution in [1.82, 2.24) is 0 Å². The molecule has 1 saturated carbocycles. The van der Waals surface area contributed by atoms with Gasteiger partial charge in [0.15, 0.2) is 0 Å². The van der Waals surface area contributed by atoms with Gasteiger partial charge >= 0.3 is 6.36 Å². The maximum Gasteiger partial charge on any atom is 0.573 e. The molecule has 1 aliphatic rings. The third-order valence-corrected chi connectivity index (χ3v) is 4.06. The molecular weight excluding hydrogens is 285 g/mol. The number of hydrogen-bond donors (Lipinski definition) is 2. The number of hydrogen-bond acceptors (Lipinski definition) is 3. The SMILES string of the molecule is CC1CCC(O)(C(O)c2cccc(OC(F)(F)F)c2)CC1. The molecule has 3 nitrogen and oxygen atoms in total. The molecule has 0 aliphatic heterocycles. The Morgan fingerprint density at radius 3 is 2.48 bits per heavy atom. The fraction of sp³-hybridized carbons (Fsp3) is 0.600. The van der Waals surface area contributed by atoms with Crippen LogP contribution in [-0.4, -0.2) is 22.2 Å². The molecule has 21 heavy (non-hydrogen) atoms. The molecule has 1 fully saturated rings. The number of aliphatic hydroxyl groups excluding tert-OH is 1. The fourth-order valence-electron chi connectivity index (χ4n) is 2.73. The van der Waals surface area contributed by atoms with Gasteiger partial charge in [0.05, 0.1) is 5.60 Å². The predicted octanol–water partition coefficient (Wildman–Crippen LogP) is 3.56. The van der Waals surface area contributed by atoms with E-state index in [4.69, 9.17) is 0 Å². The van der Waals surface area contributed by atoms with E-state index in [9.17, 15) is 23.4 Å². The van der Waals surface area contributed by atoms with Gasteiger partial charge in [-0.05, 0) is 49.3 Å². The summed E-state index contributed by atoms with van der Waals surface area (Å²) in [6.45, 7) is 2.07. The Morgan fingerprint density at radius 1 is 1.29 bits per heavy atom. The average Bonchev–Trinajstić information content (AvgIpc) is 2.40. The molecule has 0 saturated heterocycles. The van der Waals surface area contributed by atoms with Crippen LogP contribution in [0.4, 0.5) is 13.2 Å². The van der Waals surface area contributed by atoms with Gasteiger partial charge in [-0.2, -0.15) is 0 Å². The second-order valence-electron chi connectivity index (χ2n) is 5.81. The zero-order valence-electron chi connectivity index (χ0n) is 11.7. The van der Waals surface area contributed by atoms with Crippen LogP contribution in [0.3, 0.4) is 0 Å². The highest BCUT2D eigenvalue weighted by Gasteiger charge is 2.39. The number of ether oxygens (including phenoxy) is 1. The maximum absolute atomic E-state index is 12.2. The van der Waals surface area contributed by atoms with E-state index in [1.165, 1.54) is 12.1 Å². The molecule has 6 heteroatoms. The molecule has 2 rings (SSSR count). The molecule has 1 aromatic carbocycles. The third-order valence-electron chi connectivity index (χ3n) is 4.06. The lowest BCUT2D eigenvalue weighted by atomic mass is 9.75. The second kappa shape index (κ2) is 5.85. The van der Waals surface area contributed by atoms with E-state index >= 15 is 0 Å². The average molecular weight is 304 g/mol. The van der Waals surface area contributed by atoms with Crippen molar-refractivity contribution in [3.8, 4) is 5.75 Å². The normalized spacial score (nSPS) is 28.2. The van der Waals surface area contributed by atoms with Crippen LogP contribution < -0.4 is 4.74 Å². The van der Waals surface area contributed by atoms with Gasteiger partial charge in [-0.15, -0.1) is 13.2 Å². The lowest BCUT2D eigenvalue weighted by molar-refractivity contribution is -0.274. The minimum Gasteiger partial charge on any atom is -0.406 e. The summed E-state index contributed by atoms with van der Waals surface area (Å²) in [6, 6.07) is 5.14.